The molecule has 1 aliphatic carbocycles. The first kappa shape index (κ1) is 30.7. The number of hydrogen-bond acceptors (Lipinski definition) is 5. The van der Waals surface area contributed by atoms with Gasteiger partial charge in [0.25, 0.3) is 0 Å². The van der Waals surface area contributed by atoms with Crippen LogP contribution in [-0.4, -0.2) is 61.8 Å². The van der Waals surface area contributed by atoms with Crippen molar-refractivity contribution < 1.29 is 14.6 Å². The summed E-state index contributed by atoms with van der Waals surface area (Å²) in [5.41, 5.74) is 1.28. The molecule has 2 aliphatic rings. The van der Waals surface area contributed by atoms with E-state index in [1.54, 1.807) is 7.11 Å². The number of halogens is 2. The highest BCUT2D eigenvalue weighted by Gasteiger charge is 2.40. The molecule has 0 aromatic heterocycles. The van der Waals surface area contributed by atoms with E-state index in [4.69, 9.17) is 9.47 Å². The number of methoxy groups -OCH3 is 1. The van der Waals surface area contributed by atoms with E-state index in [0.29, 0.717) is 18.4 Å². The van der Waals surface area contributed by atoms with Gasteiger partial charge in [-0.1, -0.05) is 49.2 Å². The zero-order chi connectivity index (χ0) is 24.0. The van der Waals surface area contributed by atoms with E-state index in [1.165, 1.54) is 19.3 Å². The molecule has 0 bridgehead atoms. The fraction of sp³-hybridized carbons (Fsp3) is 0.586. The number of piperidine rings is 1. The second kappa shape index (κ2) is 14.4. The van der Waals surface area contributed by atoms with Crippen molar-refractivity contribution in [2.75, 3.05) is 40.8 Å². The maximum Gasteiger partial charge on any atom is 0.161 e. The van der Waals surface area contributed by atoms with Crippen LogP contribution < -0.4 is 9.47 Å². The lowest BCUT2D eigenvalue weighted by Gasteiger charge is -2.42. The van der Waals surface area contributed by atoms with Crippen LogP contribution in [-0.2, 0) is 12.2 Å². The van der Waals surface area contributed by atoms with Gasteiger partial charge >= 0.3 is 0 Å². The smallest absolute Gasteiger partial charge is 0.161 e. The Morgan fingerprint density at radius 1 is 0.972 bits per heavy atom. The molecule has 0 amide bonds. The van der Waals surface area contributed by atoms with Crippen LogP contribution in [0.5, 0.6) is 11.5 Å². The minimum absolute atomic E-state index is 0. The van der Waals surface area contributed by atoms with E-state index < -0.39 is 5.60 Å². The highest BCUT2D eigenvalue weighted by Crippen LogP contribution is 2.45. The molecule has 2 atom stereocenters. The van der Waals surface area contributed by atoms with Crippen molar-refractivity contribution in [1.29, 1.82) is 0 Å². The number of aliphatic hydroxyl groups is 1. The predicted molar refractivity (Wildman–Crippen MR) is 152 cm³/mol. The molecule has 1 saturated heterocycles. The van der Waals surface area contributed by atoms with Gasteiger partial charge in [-0.25, -0.2) is 0 Å². The molecule has 2 aromatic rings. The fourth-order valence-electron chi connectivity index (χ4n) is 5.78. The Morgan fingerprint density at radius 2 is 1.69 bits per heavy atom. The number of likely N-dealkylation sites (tertiary alicyclic amines) is 1. The molecule has 1 saturated carbocycles. The Hall–Kier alpha value is -1.50. The molecular formula is C29H44Cl2N2O3. The molecule has 4 rings (SSSR count). The van der Waals surface area contributed by atoms with Crippen LogP contribution >= 0.6 is 24.8 Å². The molecule has 1 heterocycles. The van der Waals surface area contributed by atoms with Crippen molar-refractivity contribution in [3.8, 4) is 11.5 Å². The molecule has 1 aliphatic heterocycles. The van der Waals surface area contributed by atoms with Crippen molar-refractivity contribution in [2.24, 2.45) is 5.92 Å². The van der Waals surface area contributed by atoms with Crippen molar-refractivity contribution in [2.45, 2.75) is 63.2 Å². The van der Waals surface area contributed by atoms with E-state index >= 15 is 0 Å². The molecule has 0 radical (unpaired) electrons. The lowest BCUT2D eigenvalue weighted by molar-refractivity contribution is -0.0609. The van der Waals surface area contributed by atoms with E-state index in [-0.39, 0.29) is 30.7 Å². The van der Waals surface area contributed by atoms with Gasteiger partial charge in [-0.2, -0.15) is 0 Å². The van der Waals surface area contributed by atoms with E-state index in [2.05, 4.69) is 36.0 Å². The van der Waals surface area contributed by atoms with E-state index in [1.807, 2.05) is 36.4 Å². The molecule has 5 nitrogen and oxygen atoms in total. The maximum absolute atomic E-state index is 11.9. The molecule has 2 unspecified atom stereocenters. The summed E-state index contributed by atoms with van der Waals surface area (Å²) in [7, 11) is 6.05. The molecular weight excluding hydrogens is 495 g/mol. The van der Waals surface area contributed by atoms with Gasteiger partial charge in [0.2, 0.25) is 0 Å². The maximum atomic E-state index is 11.9. The van der Waals surface area contributed by atoms with Crippen LogP contribution in [0.2, 0.25) is 0 Å². The predicted octanol–water partition coefficient (Wildman–Crippen LogP) is 5.91. The molecule has 2 aromatic carbocycles. The van der Waals surface area contributed by atoms with Crippen LogP contribution in [0.25, 0.3) is 0 Å². The second-order valence-corrected chi connectivity index (χ2v) is 10.3. The zero-order valence-electron chi connectivity index (χ0n) is 22.0. The van der Waals surface area contributed by atoms with Gasteiger partial charge in [-0.05, 0) is 95.0 Å². The highest BCUT2D eigenvalue weighted by atomic mass is 35.5. The molecule has 36 heavy (non-hydrogen) atoms. The first-order valence-corrected chi connectivity index (χ1v) is 13.0. The SMILES string of the molecule is COc1cc(C2(O)CCCCC2CCN2CCC(N(C)C)CC2)ccc1OCc1ccccc1.Cl.Cl. The summed E-state index contributed by atoms with van der Waals surface area (Å²) < 4.78 is 11.7. The van der Waals surface area contributed by atoms with E-state index in [0.717, 1.165) is 62.2 Å². The van der Waals surface area contributed by atoms with Gasteiger partial charge in [0.15, 0.2) is 11.5 Å². The minimum atomic E-state index is -0.800. The van der Waals surface area contributed by atoms with Gasteiger partial charge in [-0.15, -0.1) is 24.8 Å². The summed E-state index contributed by atoms with van der Waals surface area (Å²) in [6.07, 6.45) is 7.68. The monoisotopic (exact) mass is 538 g/mol. The Balaban J connectivity index is 0.00000228. The van der Waals surface area contributed by atoms with Crippen LogP contribution in [0.4, 0.5) is 0 Å². The number of hydrogen-bond donors (Lipinski definition) is 1. The Bertz CT molecular complexity index is 907. The van der Waals surface area contributed by atoms with Crippen LogP contribution in [0.1, 0.15) is 56.1 Å². The van der Waals surface area contributed by atoms with E-state index in [9.17, 15) is 5.11 Å². The van der Waals surface area contributed by atoms with Gasteiger partial charge in [-0.3, -0.25) is 0 Å². The molecule has 1 N–H and O–H groups in total. The summed E-state index contributed by atoms with van der Waals surface area (Å²) in [6.45, 7) is 3.89. The van der Waals surface area contributed by atoms with Crippen LogP contribution in [0, 0.1) is 5.92 Å². The van der Waals surface area contributed by atoms with Crippen LogP contribution in [0.3, 0.4) is 0 Å². The lowest BCUT2D eigenvalue weighted by atomic mass is 9.70. The van der Waals surface area contributed by atoms with Crippen molar-refractivity contribution in [3.63, 3.8) is 0 Å². The number of rotatable bonds is 9. The third kappa shape index (κ3) is 7.52. The van der Waals surface area contributed by atoms with Gasteiger partial charge in [0, 0.05) is 6.04 Å². The third-order valence-electron chi connectivity index (χ3n) is 8.02. The molecule has 2 fully saturated rings. The number of nitrogens with zero attached hydrogens (tertiary/aromatic N) is 2. The molecule has 202 valence electrons. The second-order valence-electron chi connectivity index (χ2n) is 10.3. The largest absolute Gasteiger partial charge is 0.493 e. The third-order valence-corrected chi connectivity index (χ3v) is 8.02. The van der Waals surface area contributed by atoms with Gasteiger partial charge < -0.3 is 24.4 Å². The summed E-state index contributed by atoms with van der Waals surface area (Å²) in [5, 5.41) is 11.9. The summed E-state index contributed by atoms with van der Waals surface area (Å²) in [4.78, 5) is 4.95. The lowest BCUT2D eigenvalue weighted by Crippen LogP contribution is -2.44. The zero-order valence-corrected chi connectivity index (χ0v) is 23.7. The average Bonchev–Trinajstić information content (AvgIpc) is 2.87. The fourth-order valence-corrected chi connectivity index (χ4v) is 5.78. The summed E-state index contributed by atoms with van der Waals surface area (Å²) in [5.74, 6) is 1.68. The van der Waals surface area contributed by atoms with Gasteiger partial charge in [0.05, 0.1) is 12.7 Å². The Labute approximate surface area is 230 Å². The highest BCUT2D eigenvalue weighted by molar-refractivity contribution is 5.85. The number of ether oxygens (including phenoxy) is 2. The number of benzene rings is 2. The standard InChI is InChI=1S/C29H42N2O3.2ClH/c1-30(2)26-15-19-31(20-16-26)18-14-24-11-7-8-17-29(24,32)25-12-13-27(28(21-25)33-3)34-22-23-9-5-4-6-10-23;;/h4-6,9-10,12-13,21,24,26,32H,7-8,11,14-20,22H2,1-3H3;2*1H. The minimum Gasteiger partial charge on any atom is -0.493 e. The normalized spacial score (nSPS) is 23.0. The molecule has 0 spiro atoms. The topological polar surface area (TPSA) is 45.2 Å². The Morgan fingerprint density at radius 3 is 2.36 bits per heavy atom. The molecule has 7 heteroatoms. The van der Waals surface area contributed by atoms with Crippen LogP contribution in [0.15, 0.2) is 48.5 Å². The summed E-state index contributed by atoms with van der Waals surface area (Å²) >= 11 is 0. The first-order valence-electron chi connectivity index (χ1n) is 13.0. The summed E-state index contributed by atoms with van der Waals surface area (Å²) in [6, 6.07) is 16.9. The van der Waals surface area contributed by atoms with Gasteiger partial charge in [0.1, 0.15) is 6.61 Å². The van der Waals surface area contributed by atoms with Crippen molar-refractivity contribution in [1.82, 2.24) is 9.80 Å². The van der Waals surface area contributed by atoms with Crippen molar-refractivity contribution >= 4 is 24.8 Å². The van der Waals surface area contributed by atoms with Crippen molar-refractivity contribution in [3.05, 3.63) is 59.7 Å². The average molecular weight is 540 g/mol. The first-order chi connectivity index (χ1) is 16.5. The Kier molecular flexibility index (Phi) is 12.3. The quantitative estimate of drug-likeness (QED) is 0.429.